The van der Waals surface area contributed by atoms with E-state index in [1.165, 1.54) is 70.6 Å². The lowest BCUT2D eigenvalue weighted by Crippen LogP contribution is -2.20. The van der Waals surface area contributed by atoms with Crippen molar-refractivity contribution in [3.05, 3.63) is 11.3 Å². The van der Waals surface area contributed by atoms with Gasteiger partial charge in [-0.15, -0.1) is 0 Å². The fourth-order valence-corrected chi connectivity index (χ4v) is 3.20. The van der Waals surface area contributed by atoms with Crippen molar-refractivity contribution >= 4 is 5.91 Å². The van der Waals surface area contributed by atoms with Gasteiger partial charge >= 0.3 is 0 Å². The van der Waals surface area contributed by atoms with Crippen LogP contribution in [-0.4, -0.2) is 11.0 Å². The number of allylic oxidation sites excluding steroid dienone is 1. The number of aliphatic hydroxyl groups excluding tert-OH is 1. The highest BCUT2D eigenvalue weighted by atomic mass is 16.3. The van der Waals surface area contributed by atoms with E-state index in [9.17, 15) is 9.90 Å². The van der Waals surface area contributed by atoms with Crippen LogP contribution in [-0.2, 0) is 4.79 Å². The van der Waals surface area contributed by atoms with Crippen molar-refractivity contribution < 1.29 is 9.90 Å². The molecule has 0 spiro atoms. The van der Waals surface area contributed by atoms with Gasteiger partial charge < -0.3 is 10.8 Å². The first-order valence-corrected chi connectivity index (χ1v) is 10.2. The third-order valence-electron chi connectivity index (χ3n) is 4.67. The van der Waals surface area contributed by atoms with E-state index in [4.69, 9.17) is 5.73 Å². The van der Waals surface area contributed by atoms with Gasteiger partial charge in [0.05, 0.1) is 5.57 Å². The Morgan fingerprint density at radius 3 is 1.50 bits per heavy atom. The summed E-state index contributed by atoms with van der Waals surface area (Å²) in [6, 6.07) is 0. The minimum atomic E-state index is -0.489. The Labute approximate surface area is 150 Å². The maximum absolute atomic E-state index is 11.3. The van der Waals surface area contributed by atoms with Crippen molar-refractivity contribution in [2.75, 3.05) is 0 Å². The van der Waals surface area contributed by atoms with E-state index in [0.29, 0.717) is 12.0 Å². The van der Waals surface area contributed by atoms with Crippen LogP contribution in [0.15, 0.2) is 11.3 Å². The van der Waals surface area contributed by atoms with Gasteiger partial charge in [-0.25, -0.2) is 0 Å². The summed E-state index contributed by atoms with van der Waals surface area (Å²) in [7, 11) is 0. The smallest absolute Gasteiger partial charge is 0.248 e. The third-order valence-corrected chi connectivity index (χ3v) is 4.67. The molecule has 0 aromatic rings. The van der Waals surface area contributed by atoms with Gasteiger partial charge in [-0.3, -0.25) is 4.79 Å². The van der Waals surface area contributed by atoms with E-state index < -0.39 is 5.91 Å². The quantitative estimate of drug-likeness (QED) is 0.193. The van der Waals surface area contributed by atoms with E-state index in [1.807, 2.05) is 13.8 Å². The molecule has 0 radical (unpaired) electrons. The Kier molecular flexibility index (Phi) is 14.9. The zero-order valence-electron chi connectivity index (χ0n) is 16.4. The van der Waals surface area contributed by atoms with Crippen molar-refractivity contribution in [1.82, 2.24) is 0 Å². The number of primary amides is 1. The summed E-state index contributed by atoms with van der Waals surface area (Å²) in [6.07, 6.45) is 17.5. The van der Waals surface area contributed by atoms with Crippen molar-refractivity contribution in [2.24, 2.45) is 11.7 Å². The SMILES string of the molecule is CCCCCCCCCCCCCCCC(O)=C(C(N)=O)C(C)C. The first kappa shape index (κ1) is 23.0. The molecule has 0 fully saturated rings. The number of hydrogen-bond donors (Lipinski definition) is 2. The maximum Gasteiger partial charge on any atom is 0.248 e. The highest BCUT2D eigenvalue weighted by molar-refractivity contribution is 5.92. The second-order valence-corrected chi connectivity index (χ2v) is 7.37. The molecule has 0 aliphatic heterocycles. The van der Waals surface area contributed by atoms with Crippen molar-refractivity contribution in [3.8, 4) is 0 Å². The molecule has 24 heavy (non-hydrogen) atoms. The Hall–Kier alpha value is -0.990. The number of carbonyl (C=O) groups is 1. The molecule has 0 rings (SSSR count). The molecule has 0 aliphatic rings. The average molecular weight is 340 g/mol. The summed E-state index contributed by atoms with van der Waals surface area (Å²) in [5.41, 5.74) is 5.72. The molecule has 0 aromatic carbocycles. The van der Waals surface area contributed by atoms with Crippen LogP contribution in [0.1, 0.15) is 111 Å². The monoisotopic (exact) mass is 339 g/mol. The van der Waals surface area contributed by atoms with Crippen LogP contribution in [0.4, 0.5) is 0 Å². The molecule has 0 saturated carbocycles. The molecule has 1 amide bonds. The number of unbranched alkanes of at least 4 members (excludes halogenated alkanes) is 12. The minimum absolute atomic E-state index is 0.00975. The first-order valence-electron chi connectivity index (χ1n) is 10.2. The van der Waals surface area contributed by atoms with Gasteiger partial charge in [-0.1, -0.05) is 97.8 Å². The van der Waals surface area contributed by atoms with Crippen LogP contribution < -0.4 is 5.73 Å². The summed E-state index contributed by atoms with van der Waals surface area (Å²) < 4.78 is 0. The fourth-order valence-electron chi connectivity index (χ4n) is 3.20. The van der Waals surface area contributed by atoms with Crippen molar-refractivity contribution in [2.45, 2.75) is 111 Å². The van der Waals surface area contributed by atoms with Gasteiger partial charge in [-0.05, 0) is 12.3 Å². The van der Waals surface area contributed by atoms with E-state index in [2.05, 4.69) is 6.92 Å². The molecule has 0 saturated heterocycles. The average Bonchev–Trinajstić information content (AvgIpc) is 2.51. The van der Waals surface area contributed by atoms with Crippen LogP contribution in [0.3, 0.4) is 0 Å². The first-order chi connectivity index (χ1) is 11.5. The second-order valence-electron chi connectivity index (χ2n) is 7.37. The number of rotatable bonds is 16. The van der Waals surface area contributed by atoms with Crippen LogP contribution >= 0.6 is 0 Å². The second kappa shape index (κ2) is 15.5. The minimum Gasteiger partial charge on any atom is -0.512 e. The largest absolute Gasteiger partial charge is 0.512 e. The standard InChI is InChI=1S/C21H41NO2/c1-4-5-6-7-8-9-10-11-12-13-14-15-16-17-19(23)20(18(2)3)21(22)24/h18,23H,4-17H2,1-3H3,(H2,22,24). The number of hydrogen-bond acceptors (Lipinski definition) is 2. The molecule has 0 aliphatic carbocycles. The predicted molar refractivity (Wildman–Crippen MR) is 104 cm³/mol. The zero-order chi connectivity index (χ0) is 18.2. The third kappa shape index (κ3) is 12.4. The summed E-state index contributed by atoms with van der Waals surface area (Å²) >= 11 is 0. The topological polar surface area (TPSA) is 63.3 Å². The highest BCUT2D eigenvalue weighted by Gasteiger charge is 2.15. The van der Waals surface area contributed by atoms with Gasteiger partial charge in [-0.2, -0.15) is 0 Å². The summed E-state index contributed by atoms with van der Waals surface area (Å²) in [5, 5.41) is 10.0. The molecule has 0 bridgehead atoms. The predicted octanol–water partition coefficient (Wildman–Crippen LogP) is 6.42. The van der Waals surface area contributed by atoms with Gasteiger partial charge in [0.15, 0.2) is 0 Å². The van der Waals surface area contributed by atoms with Crippen molar-refractivity contribution in [3.63, 3.8) is 0 Å². The van der Waals surface area contributed by atoms with E-state index in [1.54, 1.807) is 0 Å². The number of amides is 1. The zero-order valence-corrected chi connectivity index (χ0v) is 16.4. The fraction of sp³-hybridized carbons (Fsp3) is 0.857. The number of carbonyl (C=O) groups excluding carboxylic acids is 1. The number of nitrogens with two attached hydrogens (primary N) is 1. The molecular weight excluding hydrogens is 298 g/mol. The number of aliphatic hydroxyl groups is 1. The lowest BCUT2D eigenvalue weighted by molar-refractivity contribution is -0.115. The Balaban J connectivity index is 3.51. The summed E-state index contributed by atoms with van der Waals surface area (Å²) in [5.74, 6) is -0.303. The molecule has 0 atom stereocenters. The molecule has 142 valence electrons. The Bertz CT molecular complexity index is 348. The molecule has 3 nitrogen and oxygen atoms in total. The van der Waals surface area contributed by atoms with E-state index in [-0.39, 0.29) is 11.7 Å². The van der Waals surface area contributed by atoms with E-state index >= 15 is 0 Å². The van der Waals surface area contributed by atoms with Crippen LogP contribution in [0, 0.1) is 5.92 Å². The normalized spacial score (nSPS) is 12.5. The Morgan fingerprint density at radius 2 is 1.17 bits per heavy atom. The lowest BCUT2D eigenvalue weighted by Gasteiger charge is -2.11. The molecular formula is C21H41NO2. The van der Waals surface area contributed by atoms with Crippen molar-refractivity contribution in [1.29, 1.82) is 0 Å². The van der Waals surface area contributed by atoms with Crippen LogP contribution in [0.25, 0.3) is 0 Å². The molecule has 0 heterocycles. The van der Waals surface area contributed by atoms with Gasteiger partial charge in [0, 0.05) is 6.42 Å². The van der Waals surface area contributed by atoms with Gasteiger partial charge in [0.1, 0.15) is 5.76 Å². The summed E-state index contributed by atoms with van der Waals surface area (Å²) in [4.78, 5) is 11.3. The Morgan fingerprint density at radius 1 is 0.792 bits per heavy atom. The van der Waals surface area contributed by atoms with Crippen LogP contribution in [0.5, 0.6) is 0 Å². The molecule has 0 aromatic heterocycles. The molecule has 3 N–H and O–H groups in total. The lowest BCUT2D eigenvalue weighted by atomic mass is 9.98. The summed E-state index contributed by atoms with van der Waals surface area (Å²) in [6.45, 7) is 6.04. The van der Waals surface area contributed by atoms with E-state index in [0.717, 1.165) is 12.8 Å². The maximum atomic E-state index is 11.3. The highest BCUT2D eigenvalue weighted by Crippen LogP contribution is 2.19. The van der Waals surface area contributed by atoms with Gasteiger partial charge in [0.2, 0.25) is 5.91 Å². The molecule has 0 unspecified atom stereocenters. The van der Waals surface area contributed by atoms with Crippen LogP contribution in [0.2, 0.25) is 0 Å². The van der Waals surface area contributed by atoms with Gasteiger partial charge in [0.25, 0.3) is 0 Å². The molecule has 3 heteroatoms.